The van der Waals surface area contributed by atoms with Crippen LogP contribution in [-0.4, -0.2) is 37.7 Å². The van der Waals surface area contributed by atoms with Crippen molar-refractivity contribution in [1.29, 1.82) is 0 Å². The van der Waals surface area contributed by atoms with E-state index in [0.717, 1.165) is 5.56 Å². The van der Waals surface area contributed by atoms with Crippen LogP contribution in [-0.2, 0) is 30.7 Å². The molecule has 0 spiro atoms. The van der Waals surface area contributed by atoms with E-state index in [4.69, 9.17) is 9.47 Å². The molecule has 8 nitrogen and oxygen atoms in total. The van der Waals surface area contributed by atoms with Crippen molar-refractivity contribution in [2.24, 2.45) is 0 Å². The van der Waals surface area contributed by atoms with Gasteiger partial charge in [0.2, 0.25) is 0 Å². The third-order valence-corrected chi connectivity index (χ3v) is 5.84. The molecule has 2 aromatic carbocycles. The first-order valence-electron chi connectivity index (χ1n) is 11.0. The number of benzene rings is 2. The Morgan fingerprint density at radius 2 is 1.50 bits per heavy atom. The summed E-state index contributed by atoms with van der Waals surface area (Å²) in [5.41, 5.74) is 0.240. The predicted molar refractivity (Wildman–Crippen MR) is 131 cm³/mol. The van der Waals surface area contributed by atoms with E-state index in [2.05, 4.69) is 10.0 Å². The number of sulfonamides is 1. The molecule has 34 heavy (non-hydrogen) atoms. The van der Waals surface area contributed by atoms with E-state index in [1.165, 1.54) is 12.1 Å². The van der Waals surface area contributed by atoms with Gasteiger partial charge in [0.1, 0.15) is 17.2 Å². The van der Waals surface area contributed by atoms with Gasteiger partial charge in [0.05, 0.1) is 4.90 Å². The van der Waals surface area contributed by atoms with Gasteiger partial charge in [0.25, 0.3) is 10.0 Å². The van der Waals surface area contributed by atoms with Crippen LogP contribution in [0.2, 0.25) is 0 Å². The number of anilines is 1. The average molecular weight is 491 g/mol. The molecule has 0 saturated heterocycles. The quantitative estimate of drug-likeness (QED) is 0.550. The molecular formula is C25H34N2O6S. The fourth-order valence-corrected chi connectivity index (χ4v) is 4.10. The fourth-order valence-electron chi connectivity index (χ4n) is 2.99. The number of hydrogen-bond acceptors (Lipinski definition) is 6. The third-order valence-electron chi connectivity index (χ3n) is 4.46. The molecule has 0 aliphatic heterocycles. The van der Waals surface area contributed by atoms with Crippen LogP contribution in [0, 0.1) is 6.92 Å². The first-order valence-corrected chi connectivity index (χ1v) is 12.4. The molecule has 0 aliphatic rings. The number of hydrogen-bond donors (Lipinski definition) is 2. The van der Waals surface area contributed by atoms with E-state index in [0.29, 0.717) is 11.3 Å². The van der Waals surface area contributed by atoms with Crippen LogP contribution in [0.5, 0.6) is 0 Å². The Balaban J connectivity index is 2.34. The summed E-state index contributed by atoms with van der Waals surface area (Å²) in [6.45, 7) is 12.1. The summed E-state index contributed by atoms with van der Waals surface area (Å²) in [7, 11) is -3.86. The van der Waals surface area contributed by atoms with E-state index in [1.54, 1.807) is 84.9 Å². The summed E-state index contributed by atoms with van der Waals surface area (Å²) in [5, 5.41) is 2.57. The first-order chi connectivity index (χ1) is 15.6. The number of para-hydroxylation sites is 1. The lowest BCUT2D eigenvalue weighted by Gasteiger charge is -2.26. The van der Waals surface area contributed by atoms with E-state index in [9.17, 15) is 18.0 Å². The van der Waals surface area contributed by atoms with E-state index < -0.39 is 39.3 Å². The minimum absolute atomic E-state index is 0.0225. The van der Waals surface area contributed by atoms with Crippen LogP contribution in [0.25, 0.3) is 0 Å². The third kappa shape index (κ3) is 8.70. The molecule has 2 rings (SSSR count). The number of nitrogens with one attached hydrogen (secondary N) is 2. The Labute approximate surface area is 202 Å². The monoisotopic (exact) mass is 490 g/mol. The standard InChI is InChI=1S/C25H34N2O6S/c1-17-13-14-20(34(30,31)27-19-11-9-8-10-12-19)15-18(17)16-21(22(28)32-24(2,3)4)26-23(29)33-25(5,6)7/h8-15,21,27H,16H2,1-7H3,(H,26,29)/t21-/m0/s1. The van der Waals surface area contributed by atoms with Gasteiger partial charge in [-0.25, -0.2) is 18.0 Å². The molecule has 2 N–H and O–H groups in total. The zero-order chi connectivity index (χ0) is 25.7. The van der Waals surface area contributed by atoms with Crippen molar-refractivity contribution >= 4 is 27.8 Å². The van der Waals surface area contributed by atoms with Gasteiger partial charge >= 0.3 is 12.1 Å². The maximum Gasteiger partial charge on any atom is 0.408 e. The Bertz CT molecular complexity index is 1120. The van der Waals surface area contributed by atoms with Gasteiger partial charge in [0.15, 0.2) is 0 Å². The zero-order valence-electron chi connectivity index (χ0n) is 20.8. The second kappa shape index (κ2) is 10.5. The van der Waals surface area contributed by atoms with Gasteiger partial charge in [-0.2, -0.15) is 0 Å². The molecule has 2 aromatic rings. The number of carbonyl (C=O) groups is 2. The summed E-state index contributed by atoms with van der Waals surface area (Å²) in [6.07, 6.45) is -0.746. The number of rotatable bonds is 7. The van der Waals surface area contributed by atoms with Crippen LogP contribution in [0.3, 0.4) is 0 Å². The Morgan fingerprint density at radius 1 is 0.912 bits per heavy atom. The number of aryl methyl sites for hydroxylation is 1. The van der Waals surface area contributed by atoms with Crippen LogP contribution >= 0.6 is 0 Å². The smallest absolute Gasteiger partial charge is 0.408 e. The summed E-state index contributed by atoms with van der Waals surface area (Å²) in [6, 6.07) is 12.1. The number of ether oxygens (including phenoxy) is 2. The van der Waals surface area contributed by atoms with Gasteiger partial charge in [-0.3, -0.25) is 4.72 Å². The van der Waals surface area contributed by atoms with Crippen LogP contribution in [0.1, 0.15) is 52.7 Å². The highest BCUT2D eigenvalue weighted by Gasteiger charge is 2.30. The Kier molecular flexibility index (Phi) is 8.36. The van der Waals surface area contributed by atoms with Gasteiger partial charge < -0.3 is 14.8 Å². The molecule has 1 amide bonds. The van der Waals surface area contributed by atoms with Gasteiger partial charge in [-0.05, 0) is 83.9 Å². The topological polar surface area (TPSA) is 111 Å². The molecule has 0 radical (unpaired) electrons. The maximum absolute atomic E-state index is 12.9. The number of alkyl carbamates (subject to hydrolysis) is 1. The molecular weight excluding hydrogens is 456 g/mol. The molecule has 186 valence electrons. The Hall–Kier alpha value is -3.07. The highest BCUT2D eigenvalue weighted by Crippen LogP contribution is 2.21. The molecule has 0 bridgehead atoms. The van der Waals surface area contributed by atoms with Crippen LogP contribution in [0.4, 0.5) is 10.5 Å². The predicted octanol–water partition coefficient (Wildman–Crippen LogP) is 4.57. The van der Waals surface area contributed by atoms with Crippen molar-refractivity contribution in [3.63, 3.8) is 0 Å². The first kappa shape index (κ1) is 27.2. The van der Waals surface area contributed by atoms with E-state index >= 15 is 0 Å². The van der Waals surface area contributed by atoms with Crippen molar-refractivity contribution in [3.05, 3.63) is 59.7 Å². The fraction of sp³-hybridized carbons (Fsp3) is 0.440. The number of carbonyl (C=O) groups excluding carboxylic acids is 2. The second-order valence-electron chi connectivity index (χ2n) is 10.00. The van der Waals surface area contributed by atoms with Gasteiger partial charge in [-0.1, -0.05) is 24.3 Å². The molecule has 0 unspecified atom stereocenters. The van der Waals surface area contributed by atoms with Crippen molar-refractivity contribution in [1.82, 2.24) is 5.32 Å². The molecule has 0 fully saturated rings. The second-order valence-corrected chi connectivity index (χ2v) is 11.7. The summed E-state index contributed by atoms with van der Waals surface area (Å²) in [4.78, 5) is 25.3. The minimum atomic E-state index is -3.86. The molecule has 0 heterocycles. The molecule has 0 aliphatic carbocycles. The zero-order valence-corrected chi connectivity index (χ0v) is 21.6. The maximum atomic E-state index is 12.9. The molecule has 9 heteroatoms. The normalized spacial score (nSPS) is 13.0. The largest absolute Gasteiger partial charge is 0.458 e. The number of amides is 1. The molecule has 1 atom stereocenters. The lowest BCUT2D eigenvalue weighted by atomic mass is 10.0. The molecule has 0 aromatic heterocycles. The van der Waals surface area contributed by atoms with Gasteiger partial charge in [-0.15, -0.1) is 0 Å². The summed E-state index contributed by atoms with van der Waals surface area (Å²) >= 11 is 0. The number of esters is 1. The van der Waals surface area contributed by atoms with Crippen molar-refractivity contribution in [2.45, 2.75) is 77.0 Å². The van der Waals surface area contributed by atoms with Crippen LogP contribution < -0.4 is 10.0 Å². The highest BCUT2D eigenvalue weighted by atomic mass is 32.2. The summed E-state index contributed by atoms with van der Waals surface area (Å²) in [5.74, 6) is -0.645. The van der Waals surface area contributed by atoms with Gasteiger partial charge in [0, 0.05) is 12.1 Å². The SMILES string of the molecule is Cc1ccc(S(=O)(=O)Nc2ccccc2)cc1C[C@H](NC(=O)OC(C)(C)C)C(=O)OC(C)(C)C. The van der Waals surface area contributed by atoms with Crippen molar-refractivity contribution in [2.75, 3.05) is 4.72 Å². The lowest BCUT2D eigenvalue weighted by Crippen LogP contribution is -2.47. The average Bonchev–Trinajstić information content (AvgIpc) is 2.66. The van der Waals surface area contributed by atoms with E-state index in [1.807, 2.05) is 0 Å². The van der Waals surface area contributed by atoms with Crippen molar-refractivity contribution in [3.8, 4) is 0 Å². The van der Waals surface area contributed by atoms with E-state index in [-0.39, 0.29) is 11.3 Å². The molecule has 0 saturated carbocycles. The lowest BCUT2D eigenvalue weighted by molar-refractivity contribution is -0.157. The van der Waals surface area contributed by atoms with Crippen molar-refractivity contribution < 1.29 is 27.5 Å². The summed E-state index contributed by atoms with van der Waals surface area (Å²) < 4.78 is 39.1. The Morgan fingerprint density at radius 3 is 2.06 bits per heavy atom. The van der Waals surface area contributed by atoms with Crippen LogP contribution in [0.15, 0.2) is 53.4 Å². The highest BCUT2D eigenvalue weighted by molar-refractivity contribution is 7.92. The minimum Gasteiger partial charge on any atom is -0.458 e.